The number of esters is 1. The van der Waals surface area contributed by atoms with Gasteiger partial charge in [-0.15, -0.1) is 0 Å². The summed E-state index contributed by atoms with van der Waals surface area (Å²) in [6, 6.07) is 7.94. The van der Waals surface area contributed by atoms with Crippen LogP contribution in [0.3, 0.4) is 0 Å². The minimum atomic E-state index is -0.444. The molecule has 94 valence electrons. The number of rotatable bonds is 2. The number of aliphatic hydroxyl groups excluding tert-OH is 1. The van der Waals surface area contributed by atoms with Crippen LogP contribution in [-0.2, 0) is 9.53 Å². The molecule has 1 N–H and O–H groups in total. The fourth-order valence-electron chi connectivity index (χ4n) is 2.09. The normalized spacial score (nSPS) is 17.3. The summed E-state index contributed by atoms with van der Waals surface area (Å²) in [5.74, 6) is -0.370. The Bertz CT molecular complexity index is 538. The highest BCUT2D eigenvalue weighted by molar-refractivity contribution is 5.91. The molecule has 0 fully saturated rings. The van der Waals surface area contributed by atoms with E-state index in [1.807, 2.05) is 37.3 Å². The highest BCUT2D eigenvalue weighted by Gasteiger charge is 2.25. The van der Waals surface area contributed by atoms with Crippen molar-refractivity contribution < 1.29 is 14.6 Å². The van der Waals surface area contributed by atoms with Gasteiger partial charge in [0.2, 0.25) is 0 Å². The molecular weight excluding hydrogens is 228 g/mol. The van der Waals surface area contributed by atoms with Crippen molar-refractivity contribution in [1.29, 1.82) is 0 Å². The summed E-state index contributed by atoms with van der Waals surface area (Å²) in [5.41, 5.74) is 3.37. The molecule has 0 bridgehead atoms. The first kappa shape index (κ1) is 12.4. The SMILES string of the molecule is COC(=O)C1=C(O)/C(=C/c2ccccc2C)CC1. The second-order valence-corrected chi connectivity index (χ2v) is 4.34. The van der Waals surface area contributed by atoms with E-state index >= 15 is 0 Å². The molecule has 0 aliphatic heterocycles. The minimum absolute atomic E-state index is 0.0742. The van der Waals surface area contributed by atoms with E-state index in [-0.39, 0.29) is 5.76 Å². The Kier molecular flexibility index (Phi) is 3.51. The van der Waals surface area contributed by atoms with Crippen LogP contribution in [0, 0.1) is 6.92 Å². The highest BCUT2D eigenvalue weighted by atomic mass is 16.5. The smallest absolute Gasteiger partial charge is 0.337 e. The van der Waals surface area contributed by atoms with Gasteiger partial charge in [-0.25, -0.2) is 4.79 Å². The lowest BCUT2D eigenvalue weighted by Gasteiger charge is -2.03. The van der Waals surface area contributed by atoms with E-state index in [0.717, 1.165) is 16.7 Å². The van der Waals surface area contributed by atoms with Crippen molar-refractivity contribution in [3.8, 4) is 0 Å². The monoisotopic (exact) mass is 244 g/mol. The predicted octanol–water partition coefficient (Wildman–Crippen LogP) is 3.16. The van der Waals surface area contributed by atoms with E-state index in [1.165, 1.54) is 7.11 Å². The number of allylic oxidation sites excluding steroid dienone is 1. The average Bonchev–Trinajstić information content (AvgIpc) is 2.73. The predicted molar refractivity (Wildman–Crippen MR) is 70.1 cm³/mol. The maximum Gasteiger partial charge on any atom is 0.337 e. The molecule has 0 heterocycles. The van der Waals surface area contributed by atoms with Gasteiger partial charge < -0.3 is 9.84 Å². The molecule has 0 radical (unpaired) electrons. The lowest BCUT2D eigenvalue weighted by atomic mass is 10.0. The van der Waals surface area contributed by atoms with Crippen molar-refractivity contribution in [2.75, 3.05) is 7.11 Å². The van der Waals surface area contributed by atoms with Crippen molar-refractivity contribution in [3.63, 3.8) is 0 Å². The lowest BCUT2D eigenvalue weighted by molar-refractivity contribution is -0.136. The van der Waals surface area contributed by atoms with Gasteiger partial charge in [0.25, 0.3) is 0 Å². The van der Waals surface area contributed by atoms with Crippen LogP contribution in [0.15, 0.2) is 41.2 Å². The van der Waals surface area contributed by atoms with Crippen molar-refractivity contribution in [2.24, 2.45) is 0 Å². The molecule has 1 aromatic rings. The van der Waals surface area contributed by atoms with Crippen molar-refractivity contribution in [3.05, 3.63) is 52.3 Å². The molecule has 0 unspecified atom stereocenters. The Morgan fingerprint density at radius 1 is 1.33 bits per heavy atom. The zero-order valence-electron chi connectivity index (χ0n) is 10.6. The van der Waals surface area contributed by atoms with Gasteiger partial charge in [-0.3, -0.25) is 0 Å². The number of carbonyl (C=O) groups is 1. The zero-order chi connectivity index (χ0) is 13.1. The van der Waals surface area contributed by atoms with Crippen molar-refractivity contribution in [2.45, 2.75) is 19.8 Å². The number of hydrogen-bond acceptors (Lipinski definition) is 3. The molecule has 3 nitrogen and oxygen atoms in total. The van der Waals surface area contributed by atoms with Crippen molar-refractivity contribution in [1.82, 2.24) is 0 Å². The van der Waals surface area contributed by atoms with E-state index in [4.69, 9.17) is 0 Å². The summed E-state index contributed by atoms with van der Waals surface area (Å²) in [6.07, 6.45) is 3.14. The van der Waals surface area contributed by atoms with Crippen molar-refractivity contribution >= 4 is 12.0 Å². The van der Waals surface area contributed by atoms with Crippen LogP contribution >= 0.6 is 0 Å². The standard InChI is InChI=1S/C15H16O3/c1-10-5-3-4-6-11(10)9-12-7-8-13(14(12)16)15(17)18-2/h3-6,9,16H,7-8H2,1-2H3/b12-9+. The van der Waals surface area contributed by atoms with Gasteiger partial charge in [0.15, 0.2) is 0 Å². The third-order valence-corrected chi connectivity index (χ3v) is 3.18. The van der Waals surface area contributed by atoms with Gasteiger partial charge in [0, 0.05) is 0 Å². The van der Waals surface area contributed by atoms with Gasteiger partial charge in [-0.1, -0.05) is 24.3 Å². The molecule has 0 atom stereocenters. The second-order valence-electron chi connectivity index (χ2n) is 4.34. The van der Waals surface area contributed by atoms with Crippen LogP contribution in [0.5, 0.6) is 0 Å². The molecule has 1 aliphatic rings. The molecule has 3 heteroatoms. The number of aryl methyl sites for hydroxylation is 1. The maximum atomic E-state index is 11.4. The molecular formula is C15H16O3. The average molecular weight is 244 g/mol. The summed E-state index contributed by atoms with van der Waals surface area (Å²) < 4.78 is 4.64. The summed E-state index contributed by atoms with van der Waals surface area (Å²) in [4.78, 5) is 11.4. The van der Waals surface area contributed by atoms with Gasteiger partial charge in [-0.2, -0.15) is 0 Å². The number of carbonyl (C=O) groups excluding carboxylic acids is 1. The first-order valence-corrected chi connectivity index (χ1v) is 5.90. The molecule has 0 saturated carbocycles. The Hall–Kier alpha value is -2.03. The van der Waals surface area contributed by atoms with Crippen LogP contribution in [0.25, 0.3) is 6.08 Å². The summed E-state index contributed by atoms with van der Waals surface area (Å²) >= 11 is 0. The maximum absolute atomic E-state index is 11.4. The molecule has 0 amide bonds. The van der Waals surface area contributed by atoms with E-state index in [2.05, 4.69) is 4.74 Å². The number of benzene rings is 1. The van der Waals surface area contributed by atoms with E-state index in [9.17, 15) is 9.90 Å². The molecule has 2 rings (SSSR count). The van der Waals surface area contributed by atoms with Crippen LogP contribution in [-0.4, -0.2) is 18.2 Å². The molecule has 0 aromatic heterocycles. The fourth-order valence-corrected chi connectivity index (χ4v) is 2.09. The molecule has 1 aliphatic carbocycles. The molecule has 0 spiro atoms. The van der Waals surface area contributed by atoms with E-state index in [1.54, 1.807) is 0 Å². The number of hydrogen-bond donors (Lipinski definition) is 1. The first-order valence-electron chi connectivity index (χ1n) is 5.90. The zero-order valence-corrected chi connectivity index (χ0v) is 10.6. The van der Waals surface area contributed by atoms with Crippen LogP contribution in [0.1, 0.15) is 24.0 Å². The van der Waals surface area contributed by atoms with Gasteiger partial charge in [0.1, 0.15) is 5.76 Å². The molecule has 1 aromatic carbocycles. The number of aliphatic hydroxyl groups is 1. The minimum Gasteiger partial charge on any atom is -0.507 e. The third kappa shape index (κ3) is 2.30. The van der Waals surface area contributed by atoms with Crippen LogP contribution < -0.4 is 0 Å². The molecule has 0 saturated heterocycles. The summed E-state index contributed by atoms with van der Waals surface area (Å²) in [7, 11) is 1.33. The Balaban J connectivity index is 2.34. The topological polar surface area (TPSA) is 46.5 Å². The quantitative estimate of drug-likeness (QED) is 0.813. The highest BCUT2D eigenvalue weighted by Crippen LogP contribution is 2.32. The largest absolute Gasteiger partial charge is 0.507 e. The van der Waals surface area contributed by atoms with E-state index < -0.39 is 5.97 Å². The Morgan fingerprint density at radius 3 is 2.72 bits per heavy atom. The Labute approximate surface area is 106 Å². The number of ether oxygens (including phenoxy) is 1. The summed E-state index contributed by atoms with van der Waals surface area (Å²) in [6.45, 7) is 2.02. The Morgan fingerprint density at radius 2 is 2.06 bits per heavy atom. The van der Waals surface area contributed by atoms with Crippen LogP contribution in [0.2, 0.25) is 0 Å². The molecule has 18 heavy (non-hydrogen) atoms. The number of methoxy groups -OCH3 is 1. The first-order chi connectivity index (χ1) is 8.63. The fraction of sp³-hybridized carbons (Fsp3) is 0.267. The third-order valence-electron chi connectivity index (χ3n) is 3.18. The second kappa shape index (κ2) is 5.08. The van der Waals surface area contributed by atoms with E-state index in [0.29, 0.717) is 18.4 Å². The van der Waals surface area contributed by atoms with Gasteiger partial charge in [0.05, 0.1) is 12.7 Å². The van der Waals surface area contributed by atoms with Crippen LogP contribution in [0.4, 0.5) is 0 Å². The van der Waals surface area contributed by atoms with Gasteiger partial charge in [-0.05, 0) is 42.5 Å². The lowest BCUT2D eigenvalue weighted by Crippen LogP contribution is -2.04. The summed E-state index contributed by atoms with van der Waals surface area (Å²) in [5, 5.41) is 10.0. The van der Waals surface area contributed by atoms with Gasteiger partial charge >= 0.3 is 5.97 Å².